The van der Waals surface area contributed by atoms with E-state index >= 15 is 0 Å². The molecule has 0 radical (unpaired) electrons. The summed E-state index contributed by atoms with van der Waals surface area (Å²) < 4.78 is 11.3. The van der Waals surface area contributed by atoms with Crippen LogP contribution in [0.3, 0.4) is 0 Å². The van der Waals surface area contributed by atoms with Gasteiger partial charge < -0.3 is 14.8 Å². The lowest BCUT2D eigenvalue weighted by molar-refractivity contribution is -0.144. The van der Waals surface area contributed by atoms with Crippen LogP contribution in [0, 0.1) is 0 Å². The van der Waals surface area contributed by atoms with Crippen LogP contribution in [0.2, 0.25) is 0 Å². The average molecular weight is 508 g/mol. The van der Waals surface area contributed by atoms with Crippen molar-refractivity contribution in [1.82, 2.24) is 16.2 Å². The van der Waals surface area contributed by atoms with E-state index in [1.54, 1.807) is 24.3 Å². The van der Waals surface area contributed by atoms with Gasteiger partial charge in [-0.05, 0) is 42.0 Å². The molecule has 2 rings (SSSR count). The SMILES string of the molecule is O=C(COc1ccc(Br)cc1)NNC(=S)NC(=O)CCC(=O)OCCc1ccccc1. The molecule has 10 heteroatoms. The van der Waals surface area contributed by atoms with Crippen LogP contribution >= 0.6 is 28.1 Å². The molecular weight excluding hydrogens is 486 g/mol. The predicted molar refractivity (Wildman–Crippen MR) is 122 cm³/mol. The van der Waals surface area contributed by atoms with Gasteiger partial charge in [-0.15, -0.1) is 0 Å². The number of amides is 2. The van der Waals surface area contributed by atoms with Crippen LogP contribution in [0.15, 0.2) is 59.1 Å². The Morgan fingerprint density at radius 3 is 2.32 bits per heavy atom. The summed E-state index contributed by atoms with van der Waals surface area (Å²) in [6, 6.07) is 16.6. The quantitative estimate of drug-likeness (QED) is 0.272. The van der Waals surface area contributed by atoms with Crippen LogP contribution in [0.5, 0.6) is 5.75 Å². The molecule has 0 aliphatic heterocycles. The summed E-state index contributed by atoms with van der Waals surface area (Å²) in [5.41, 5.74) is 5.77. The van der Waals surface area contributed by atoms with E-state index in [9.17, 15) is 14.4 Å². The highest BCUT2D eigenvalue weighted by molar-refractivity contribution is 9.10. The number of benzene rings is 2. The molecule has 0 aliphatic carbocycles. The minimum Gasteiger partial charge on any atom is -0.484 e. The molecule has 0 saturated carbocycles. The molecule has 0 bridgehead atoms. The number of thiocarbonyl (C=S) groups is 1. The number of carbonyl (C=O) groups is 3. The smallest absolute Gasteiger partial charge is 0.306 e. The fourth-order valence-corrected chi connectivity index (χ4v) is 2.71. The number of hydrazine groups is 1. The number of carbonyl (C=O) groups excluding carboxylic acids is 3. The van der Waals surface area contributed by atoms with Crippen molar-refractivity contribution < 1.29 is 23.9 Å². The van der Waals surface area contributed by atoms with E-state index < -0.39 is 17.8 Å². The molecule has 0 aliphatic rings. The molecule has 0 atom stereocenters. The largest absolute Gasteiger partial charge is 0.484 e. The molecule has 8 nitrogen and oxygen atoms in total. The lowest BCUT2D eigenvalue weighted by Gasteiger charge is -2.11. The van der Waals surface area contributed by atoms with E-state index in [4.69, 9.17) is 21.7 Å². The first-order valence-electron chi connectivity index (χ1n) is 9.39. The van der Waals surface area contributed by atoms with E-state index in [0.29, 0.717) is 12.2 Å². The van der Waals surface area contributed by atoms with Crippen LogP contribution < -0.4 is 20.9 Å². The van der Waals surface area contributed by atoms with Gasteiger partial charge in [-0.1, -0.05) is 46.3 Å². The first kappa shape index (κ1) is 24.3. The lowest BCUT2D eigenvalue weighted by Crippen LogP contribution is -2.49. The Morgan fingerprint density at radius 2 is 1.61 bits per heavy atom. The maximum atomic E-state index is 11.8. The molecule has 2 aromatic rings. The number of nitrogens with one attached hydrogen (secondary N) is 3. The molecule has 0 fully saturated rings. The van der Waals surface area contributed by atoms with Crippen molar-refractivity contribution in [1.29, 1.82) is 0 Å². The number of hydrogen-bond donors (Lipinski definition) is 3. The Bertz CT molecular complexity index is 894. The second kappa shape index (κ2) is 13.3. The van der Waals surface area contributed by atoms with Crippen LogP contribution in [-0.2, 0) is 25.5 Å². The zero-order valence-electron chi connectivity index (χ0n) is 16.6. The summed E-state index contributed by atoms with van der Waals surface area (Å²) in [4.78, 5) is 35.3. The maximum absolute atomic E-state index is 11.8. The summed E-state index contributed by atoms with van der Waals surface area (Å²) in [7, 11) is 0. The van der Waals surface area contributed by atoms with Gasteiger partial charge in [0, 0.05) is 17.3 Å². The number of halogens is 1. The predicted octanol–water partition coefficient (Wildman–Crippen LogP) is 2.42. The molecule has 31 heavy (non-hydrogen) atoms. The molecule has 3 N–H and O–H groups in total. The average Bonchev–Trinajstić information content (AvgIpc) is 2.76. The lowest BCUT2D eigenvalue weighted by atomic mass is 10.2. The van der Waals surface area contributed by atoms with E-state index in [-0.39, 0.29) is 31.2 Å². The number of rotatable bonds is 9. The Hall–Kier alpha value is -2.98. The molecule has 164 valence electrons. The standard InChI is InChI=1S/C21H22BrN3O5S/c22-16-6-8-17(9-7-16)30-14-19(27)24-25-21(31)23-18(26)10-11-20(28)29-13-12-15-4-2-1-3-5-15/h1-9H,10-14H2,(H,24,27)(H2,23,25,26,31). The summed E-state index contributed by atoms with van der Waals surface area (Å²) in [5, 5.41) is 2.27. The maximum Gasteiger partial charge on any atom is 0.306 e. The number of esters is 1. The van der Waals surface area contributed by atoms with Gasteiger partial charge in [-0.25, -0.2) is 0 Å². The summed E-state index contributed by atoms with van der Waals surface area (Å²) in [6.45, 7) is 0.0127. The van der Waals surface area contributed by atoms with Crippen molar-refractivity contribution >= 4 is 51.0 Å². The van der Waals surface area contributed by atoms with Gasteiger partial charge in [0.1, 0.15) is 5.75 Å². The van der Waals surface area contributed by atoms with Gasteiger partial charge in [-0.2, -0.15) is 0 Å². The topological polar surface area (TPSA) is 106 Å². The third kappa shape index (κ3) is 10.6. The Labute approximate surface area is 193 Å². The molecule has 2 aromatic carbocycles. The second-order valence-corrected chi connectivity index (χ2v) is 7.57. The number of ether oxygens (including phenoxy) is 2. The van der Waals surface area contributed by atoms with Crippen LogP contribution in [0.25, 0.3) is 0 Å². The Kier molecular flexibility index (Phi) is 10.5. The van der Waals surface area contributed by atoms with Crippen molar-refractivity contribution in [2.45, 2.75) is 19.3 Å². The van der Waals surface area contributed by atoms with Gasteiger partial charge in [0.05, 0.1) is 13.0 Å². The summed E-state index contributed by atoms with van der Waals surface area (Å²) in [6.07, 6.45) is 0.446. The molecule has 0 aromatic heterocycles. The highest BCUT2D eigenvalue weighted by atomic mass is 79.9. The van der Waals surface area contributed by atoms with Gasteiger partial charge in [0.25, 0.3) is 5.91 Å². The Morgan fingerprint density at radius 1 is 0.903 bits per heavy atom. The molecular formula is C21H22BrN3O5S. The summed E-state index contributed by atoms with van der Waals surface area (Å²) >= 11 is 8.23. The first-order chi connectivity index (χ1) is 14.9. The third-order valence-electron chi connectivity index (χ3n) is 3.80. The van der Waals surface area contributed by atoms with Crippen molar-refractivity contribution in [3.8, 4) is 5.75 Å². The zero-order valence-corrected chi connectivity index (χ0v) is 19.0. The molecule has 0 spiro atoms. The highest BCUT2D eigenvalue weighted by Gasteiger charge is 2.10. The van der Waals surface area contributed by atoms with Gasteiger partial charge >= 0.3 is 5.97 Å². The van der Waals surface area contributed by atoms with Crippen molar-refractivity contribution in [2.24, 2.45) is 0 Å². The zero-order chi connectivity index (χ0) is 22.5. The van der Waals surface area contributed by atoms with Crippen LogP contribution in [0.1, 0.15) is 18.4 Å². The minimum atomic E-state index is -0.485. The van der Waals surface area contributed by atoms with Crippen LogP contribution in [-0.4, -0.2) is 36.1 Å². The molecule has 0 heterocycles. The Balaban J connectivity index is 1.54. The van der Waals surface area contributed by atoms with E-state index in [0.717, 1.165) is 10.0 Å². The molecule has 0 unspecified atom stereocenters. The van der Waals surface area contributed by atoms with E-state index in [1.165, 1.54) is 0 Å². The van der Waals surface area contributed by atoms with Crippen molar-refractivity contribution in [3.63, 3.8) is 0 Å². The fraction of sp³-hybridized carbons (Fsp3) is 0.238. The molecule has 0 saturated heterocycles. The second-order valence-electron chi connectivity index (χ2n) is 6.25. The number of hydrogen-bond acceptors (Lipinski definition) is 6. The summed E-state index contributed by atoms with van der Waals surface area (Å²) in [5.74, 6) is -0.896. The third-order valence-corrected chi connectivity index (χ3v) is 4.54. The first-order valence-corrected chi connectivity index (χ1v) is 10.6. The fourth-order valence-electron chi connectivity index (χ4n) is 2.28. The molecule has 2 amide bonds. The van der Waals surface area contributed by atoms with Crippen molar-refractivity contribution in [2.75, 3.05) is 13.2 Å². The normalized spacial score (nSPS) is 9.97. The van der Waals surface area contributed by atoms with Gasteiger partial charge in [0.15, 0.2) is 11.7 Å². The van der Waals surface area contributed by atoms with Gasteiger partial charge in [0.2, 0.25) is 5.91 Å². The van der Waals surface area contributed by atoms with E-state index in [1.807, 2.05) is 30.3 Å². The van der Waals surface area contributed by atoms with Gasteiger partial charge in [-0.3, -0.25) is 25.2 Å². The van der Waals surface area contributed by atoms with Crippen molar-refractivity contribution in [3.05, 3.63) is 64.6 Å². The highest BCUT2D eigenvalue weighted by Crippen LogP contribution is 2.15. The monoisotopic (exact) mass is 507 g/mol. The minimum absolute atomic E-state index is 0.0728. The van der Waals surface area contributed by atoms with E-state index in [2.05, 4.69) is 32.1 Å². The van der Waals surface area contributed by atoms with Crippen LogP contribution in [0.4, 0.5) is 0 Å².